The van der Waals surface area contributed by atoms with E-state index in [0.29, 0.717) is 11.1 Å². The second kappa shape index (κ2) is 4.53. The molecule has 2 rings (SSSR count). The van der Waals surface area contributed by atoms with E-state index < -0.39 is 0 Å². The minimum absolute atomic E-state index is 0.282. The van der Waals surface area contributed by atoms with Gasteiger partial charge in [0, 0.05) is 19.3 Å². The molecule has 0 bridgehead atoms. The molecule has 2 aromatic rings. The van der Waals surface area contributed by atoms with Crippen molar-refractivity contribution >= 4 is 11.6 Å². The molecular weight excluding hydrogens is 236 g/mol. The highest BCUT2D eigenvalue weighted by atomic mass is 35.5. The van der Waals surface area contributed by atoms with E-state index in [1.165, 1.54) is 0 Å². The minimum atomic E-state index is 0.282. The predicted molar refractivity (Wildman–Crippen MR) is 69.0 cm³/mol. The van der Waals surface area contributed by atoms with Gasteiger partial charge in [-0.25, -0.2) is 0 Å². The number of aryl methyl sites for hydroxylation is 1. The van der Waals surface area contributed by atoms with Crippen molar-refractivity contribution < 1.29 is 0 Å². The number of rotatable bonds is 3. The summed E-state index contributed by atoms with van der Waals surface area (Å²) in [6, 6.07) is 4.10. The van der Waals surface area contributed by atoms with Crippen LogP contribution >= 0.6 is 11.6 Å². The first-order chi connectivity index (χ1) is 8.00. The number of hydrogen-bond acceptors (Lipinski definition) is 2. The number of aromatic nitrogens is 4. The van der Waals surface area contributed by atoms with Crippen molar-refractivity contribution in [3.05, 3.63) is 23.5 Å². The highest BCUT2D eigenvalue weighted by Crippen LogP contribution is 2.26. The zero-order chi connectivity index (χ0) is 12.6. The first-order valence-corrected chi connectivity index (χ1v) is 6.12. The lowest BCUT2D eigenvalue weighted by Crippen LogP contribution is -2.13. The molecule has 1 unspecified atom stereocenters. The van der Waals surface area contributed by atoms with Crippen LogP contribution in [-0.2, 0) is 7.05 Å². The van der Waals surface area contributed by atoms with E-state index in [0.717, 1.165) is 11.4 Å². The van der Waals surface area contributed by atoms with E-state index in [1.807, 2.05) is 23.9 Å². The topological polar surface area (TPSA) is 35.6 Å². The van der Waals surface area contributed by atoms with Gasteiger partial charge in [-0.1, -0.05) is 25.4 Å². The first-order valence-electron chi connectivity index (χ1n) is 5.74. The summed E-state index contributed by atoms with van der Waals surface area (Å²) in [5, 5.41) is 9.36. The summed E-state index contributed by atoms with van der Waals surface area (Å²) in [6.45, 7) is 6.44. The fraction of sp³-hybridized carbons (Fsp3) is 0.500. The zero-order valence-corrected chi connectivity index (χ0v) is 11.3. The van der Waals surface area contributed by atoms with Gasteiger partial charge < -0.3 is 0 Å². The van der Waals surface area contributed by atoms with Crippen molar-refractivity contribution in [1.82, 2.24) is 19.6 Å². The molecule has 5 heteroatoms. The van der Waals surface area contributed by atoms with Crippen molar-refractivity contribution in [2.75, 3.05) is 0 Å². The van der Waals surface area contributed by atoms with E-state index in [4.69, 9.17) is 11.6 Å². The third kappa shape index (κ3) is 2.22. The van der Waals surface area contributed by atoms with Gasteiger partial charge in [0.2, 0.25) is 0 Å². The fourth-order valence-corrected chi connectivity index (χ4v) is 1.99. The summed E-state index contributed by atoms with van der Waals surface area (Å²) in [6.07, 6.45) is 1.76. The maximum atomic E-state index is 6.22. The quantitative estimate of drug-likeness (QED) is 0.841. The average Bonchev–Trinajstić information content (AvgIpc) is 2.83. The van der Waals surface area contributed by atoms with Crippen molar-refractivity contribution in [3.63, 3.8) is 0 Å². The molecule has 0 aromatic carbocycles. The molecule has 0 radical (unpaired) electrons. The highest BCUT2D eigenvalue weighted by molar-refractivity contribution is 6.29. The largest absolute Gasteiger partial charge is 0.266 e. The Morgan fingerprint density at radius 2 is 2.00 bits per heavy atom. The lowest BCUT2D eigenvalue weighted by molar-refractivity contribution is 0.376. The van der Waals surface area contributed by atoms with Gasteiger partial charge in [0.15, 0.2) is 0 Å². The van der Waals surface area contributed by atoms with Crippen molar-refractivity contribution in [3.8, 4) is 11.4 Å². The molecule has 0 amide bonds. The van der Waals surface area contributed by atoms with Gasteiger partial charge in [0.05, 0.1) is 11.7 Å². The number of nitrogens with zero attached hydrogens (tertiary/aromatic N) is 4. The van der Waals surface area contributed by atoms with Gasteiger partial charge in [0.1, 0.15) is 10.8 Å². The van der Waals surface area contributed by atoms with Crippen LogP contribution in [0.25, 0.3) is 11.4 Å². The summed E-state index contributed by atoms with van der Waals surface area (Å²) in [5.41, 5.74) is 1.84. The fourth-order valence-electron chi connectivity index (χ4n) is 1.69. The maximum Gasteiger partial charge on any atom is 0.128 e. The molecule has 2 aromatic heterocycles. The van der Waals surface area contributed by atoms with Crippen LogP contribution in [0.5, 0.6) is 0 Å². The molecule has 92 valence electrons. The summed E-state index contributed by atoms with van der Waals surface area (Å²) < 4.78 is 3.66. The van der Waals surface area contributed by atoms with Gasteiger partial charge in [-0.2, -0.15) is 10.2 Å². The minimum Gasteiger partial charge on any atom is -0.266 e. The second-order valence-electron chi connectivity index (χ2n) is 4.62. The van der Waals surface area contributed by atoms with Crippen molar-refractivity contribution in [2.45, 2.75) is 26.8 Å². The first kappa shape index (κ1) is 12.2. The molecular formula is C12H17ClN4. The van der Waals surface area contributed by atoms with Gasteiger partial charge >= 0.3 is 0 Å². The second-order valence-corrected chi connectivity index (χ2v) is 5.01. The Labute approximate surface area is 106 Å². The molecule has 0 N–H and O–H groups in total. The Morgan fingerprint density at radius 3 is 2.53 bits per heavy atom. The molecule has 2 heterocycles. The van der Waals surface area contributed by atoms with Crippen molar-refractivity contribution in [2.24, 2.45) is 13.0 Å². The summed E-state index contributed by atoms with van der Waals surface area (Å²) in [4.78, 5) is 0. The average molecular weight is 253 g/mol. The third-order valence-corrected chi connectivity index (χ3v) is 3.41. The van der Waals surface area contributed by atoms with Gasteiger partial charge in [-0.15, -0.1) is 0 Å². The molecule has 0 fully saturated rings. The molecule has 0 saturated heterocycles. The van der Waals surface area contributed by atoms with Gasteiger partial charge in [0.25, 0.3) is 0 Å². The van der Waals surface area contributed by atoms with Gasteiger partial charge in [-0.05, 0) is 18.9 Å². The summed E-state index contributed by atoms with van der Waals surface area (Å²) in [5.74, 6) is 0.492. The lowest BCUT2D eigenvalue weighted by atomic mass is 10.1. The number of halogens is 1. The monoisotopic (exact) mass is 252 g/mol. The molecule has 4 nitrogen and oxygen atoms in total. The number of hydrogen-bond donors (Lipinski definition) is 0. The van der Waals surface area contributed by atoms with Crippen LogP contribution in [-0.4, -0.2) is 19.6 Å². The van der Waals surface area contributed by atoms with E-state index in [2.05, 4.69) is 31.0 Å². The third-order valence-electron chi connectivity index (χ3n) is 3.12. The maximum absolute atomic E-state index is 6.22. The molecule has 0 saturated carbocycles. The molecule has 1 atom stereocenters. The SMILES string of the molecule is CC(C)C(C)n1nc(-c2ccnn2C)cc1Cl. The lowest BCUT2D eigenvalue weighted by Gasteiger charge is -2.16. The molecule has 0 aliphatic carbocycles. The van der Waals surface area contributed by atoms with Crippen LogP contribution in [0.3, 0.4) is 0 Å². The van der Waals surface area contributed by atoms with Crippen LogP contribution < -0.4 is 0 Å². The Kier molecular flexibility index (Phi) is 3.24. The van der Waals surface area contributed by atoms with Gasteiger partial charge in [-0.3, -0.25) is 9.36 Å². The predicted octanol–water partition coefficient (Wildman–Crippen LogP) is 3.15. The van der Waals surface area contributed by atoms with Crippen molar-refractivity contribution in [1.29, 1.82) is 0 Å². The molecule has 0 spiro atoms. The van der Waals surface area contributed by atoms with Crippen LogP contribution in [0.4, 0.5) is 0 Å². The van der Waals surface area contributed by atoms with Crippen LogP contribution in [0.2, 0.25) is 5.15 Å². The van der Waals surface area contributed by atoms with E-state index in [1.54, 1.807) is 10.9 Å². The summed E-state index contributed by atoms with van der Waals surface area (Å²) in [7, 11) is 1.90. The van der Waals surface area contributed by atoms with E-state index in [-0.39, 0.29) is 6.04 Å². The molecule has 17 heavy (non-hydrogen) atoms. The Balaban J connectivity index is 2.41. The standard InChI is InChI=1S/C12H17ClN4/c1-8(2)9(3)17-12(13)7-10(15-17)11-5-6-14-16(11)4/h5-9H,1-4H3. The normalized spacial score (nSPS) is 13.3. The molecule has 0 aliphatic rings. The highest BCUT2D eigenvalue weighted by Gasteiger charge is 2.16. The molecule has 0 aliphatic heterocycles. The van der Waals surface area contributed by atoms with Crippen LogP contribution in [0.15, 0.2) is 18.3 Å². The van der Waals surface area contributed by atoms with Crippen LogP contribution in [0.1, 0.15) is 26.8 Å². The van der Waals surface area contributed by atoms with Crippen LogP contribution in [0, 0.1) is 5.92 Å². The van der Waals surface area contributed by atoms with E-state index >= 15 is 0 Å². The Morgan fingerprint density at radius 1 is 1.29 bits per heavy atom. The van der Waals surface area contributed by atoms with E-state index in [9.17, 15) is 0 Å². The zero-order valence-electron chi connectivity index (χ0n) is 10.6. The Hall–Kier alpha value is -1.29. The smallest absolute Gasteiger partial charge is 0.128 e. The Bertz CT molecular complexity index is 512. The summed E-state index contributed by atoms with van der Waals surface area (Å²) >= 11 is 6.22.